The van der Waals surface area contributed by atoms with E-state index >= 15 is 0 Å². The quantitative estimate of drug-likeness (QED) is 0.696. The fourth-order valence-corrected chi connectivity index (χ4v) is 3.30. The topological polar surface area (TPSA) is 81.3 Å². The van der Waals surface area contributed by atoms with E-state index in [2.05, 4.69) is 15.3 Å². The van der Waals surface area contributed by atoms with E-state index in [0.717, 1.165) is 22.2 Å². The molecule has 0 bridgehead atoms. The van der Waals surface area contributed by atoms with Gasteiger partial charge in [0.25, 0.3) is 0 Å². The molecule has 8 heteroatoms. The molecule has 1 aromatic carbocycles. The highest BCUT2D eigenvalue weighted by molar-refractivity contribution is 7.14. The molecule has 0 radical (unpaired) electrons. The number of likely N-dealkylation sites (N-methyl/N-ethyl adjacent to an activating group) is 2. The summed E-state index contributed by atoms with van der Waals surface area (Å²) in [4.78, 5) is 34.8. The third-order valence-corrected chi connectivity index (χ3v) is 4.69. The molecule has 2 heterocycles. The first-order chi connectivity index (χ1) is 12.4. The number of benzene rings is 1. The number of thiazole rings is 1. The van der Waals surface area contributed by atoms with Gasteiger partial charge in [0.2, 0.25) is 11.8 Å². The first kappa shape index (κ1) is 18.1. The molecule has 2 amide bonds. The normalized spacial score (nSPS) is 11.1. The van der Waals surface area contributed by atoms with Gasteiger partial charge in [0.1, 0.15) is 0 Å². The number of H-pyrrole nitrogens is 1. The lowest BCUT2D eigenvalue weighted by atomic mass is 10.1. The lowest BCUT2D eigenvalue weighted by Crippen LogP contribution is -2.38. The molecule has 2 aromatic heterocycles. The van der Waals surface area contributed by atoms with E-state index in [1.165, 1.54) is 16.2 Å². The molecule has 0 spiro atoms. The Kier molecular flexibility index (Phi) is 5.34. The highest BCUT2D eigenvalue weighted by Crippen LogP contribution is 2.30. The van der Waals surface area contributed by atoms with Crippen molar-refractivity contribution >= 4 is 39.2 Å². The Balaban J connectivity index is 1.63. The maximum atomic E-state index is 12.2. The van der Waals surface area contributed by atoms with Crippen LogP contribution in [0, 0.1) is 0 Å². The zero-order valence-electron chi connectivity index (χ0n) is 14.9. The third kappa shape index (κ3) is 4.09. The van der Waals surface area contributed by atoms with Gasteiger partial charge in [-0.3, -0.25) is 14.5 Å². The van der Waals surface area contributed by atoms with Gasteiger partial charge in [0.15, 0.2) is 5.13 Å². The van der Waals surface area contributed by atoms with E-state index in [-0.39, 0.29) is 24.9 Å². The van der Waals surface area contributed by atoms with Crippen molar-refractivity contribution in [3.05, 3.63) is 35.8 Å². The number of hydrogen-bond acceptors (Lipinski definition) is 5. The van der Waals surface area contributed by atoms with Crippen LogP contribution in [0.2, 0.25) is 0 Å². The minimum absolute atomic E-state index is 0.0452. The Hall–Kier alpha value is -2.71. The lowest BCUT2D eigenvalue weighted by Gasteiger charge is -2.18. The minimum Gasteiger partial charge on any atom is -0.360 e. The minimum atomic E-state index is -0.195. The monoisotopic (exact) mass is 371 g/mol. The number of carbonyl (C=O) groups is 2. The average Bonchev–Trinajstić information content (AvgIpc) is 3.20. The molecule has 0 fully saturated rings. The van der Waals surface area contributed by atoms with Gasteiger partial charge in [0.05, 0.1) is 18.8 Å². The number of aromatic nitrogens is 2. The van der Waals surface area contributed by atoms with Gasteiger partial charge in [-0.1, -0.05) is 18.2 Å². The van der Waals surface area contributed by atoms with Crippen LogP contribution in [0.3, 0.4) is 0 Å². The maximum Gasteiger partial charge on any atom is 0.240 e. The van der Waals surface area contributed by atoms with E-state index in [4.69, 9.17) is 0 Å². The highest BCUT2D eigenvalue weighted by atomic mass is 32.1. The van der Waals surface area contributed by atoms with Crippen molar-refractivity contribution in [3.63, 3.8) is 0 Å². The van der Waals surface area contributed by atoms with Crippen molar-refractivity contribution in [1.29, 1.82) is 0 Å². The number of para-hydroxylation sites is 1. The molecule has 0 atom stereocenters. The van der Waals surface area contributed by atoms with E-state index < -0.39 is 0 Å². The largest absolute Gasteiger partial charge is 0.360 e. The number of hydrogen-bond donors (Lipinski definition) is 2. The second kappa shape index (κ2) is 7.67. The van der Waals surface area contributed by atoms with Crippen LogP contribution in [0.4, 0.5) is 5.13 Å². The van der Waals surface area contributed by atoms with Crippen LogP contribution in [-0.4, -0.2) is 65.8 Å². The highest BCUT2D eigenvalue weighted by Gasteiger charge is 2.14. The molecule has 0 saturated heterocycles. The summed E-state index contributed by atoms with van der Waals surface area (Å²) in [5.74, 6) is -0.241. The number of nitrogens with one attached hydrogen (secondary N) is 2. The molecule has 0 aliphatic rings. The lowest BCUT2D eigenvalue weighted by molar-refractivity contribution is -0.130. The molecule has 7 nitrogen and oxygen atoms in total. The van der Waals surface area contributed by atoms with Crippen molar-refractivity contribution in [2.75, 3.05) is 39.5 Å². The standard InChI is InChI=1S/C18H21N5O2S/c1-22(2)17(25)10-23(3)9-16(24)21-18-20-15(11-26-18)13-8-19-14-7-5-4-6-12(13)14/h4-8,11,19H,9-10H2,1-3H3,(H,20,21,24). The Morgan fingerprint density at radius 1 is 1.19 bits per heavy atom. The second-order valence-corrected chi connectivity index (χ2v) is 7.15. The van der Waals surface area contributed by atoms with Gasteiger partial charge >= 0.3 is 0 Å². The van der Waals surface area contributed by atoms with Gasteiger partial charge in [-0.15, -0.1) is 11.3 Å². The summed E-state index contributed by atoms with van der Waals surface area (Å²) >= 11 is 1.38. The summed E-state index contributed by atoms with van der Waals surface area (Å²) in [6.45, 7) is 0.320. The molecule has 0 saturated carbocycles. The summed E-state index contributed by atoms with van der Waals surface area (Å²) < 4.78 is 0. The summed E-state index contributed by atoms with van der Waals surface area (Å²) in [5.41, 5.74) is 2.87. The van der Waals surface area contributed by atoms with Crippen LogP contribution < -0.4 is 5.32 Å². The molecule has 0 aliphatic heterocycles. The summed E-state index contributed by atoms with van der Waals surface area (Å²) in [7, 11) is 5.12. The zero-order valence-corrected chi connectivity index (χ0v) is 15.8. The molecule has 26 heavy (non-hydrogen) atoms. The fourth-order valence-electron chi connectivity index (χ4n) is 2.57. The summed E-state index contributed by atoms with van der Waals surface area (Å²) in [6, 6.07) is 8.01. The van der Waals surface area contributed by atoms with Crippen LogP contribution in [0.5, 0.6) is 0 Å². The van der Waals surface area contributed by atoms with Crippen LogP contribution in [0.1, 0.15) is 0 Å². The van der Waals surface area contributed by atoms with Crippen LogP contribution in [-0.2, 0) is 9.59 Å². The summed E-state index contributed by atoms with van der Waals surface area (Å²) in [6.07, 6.45) is 1.92. The molecule has 0 unspecified atom stereocenters. The predicted octanol–water partition coefficient (Wildman–Crippen LogP) is 2.25. The summed E-state index contributed by atoms with van der Waals surface area (Å²) in [5, 5.41) is 6.36. The number of aromatic amines is 1. The Morgan fingerprint density at radius 2 is 1.96 bits per heavy atom. The number of rotatable bonds is 6. The molecule has 136 valence electrons. The van der Waals surface area contributed by atoms with Gasteiger partial charge in [-0.05, 0) is 13.1 Å². The molecule has 0 aliphatic carbocycles. The van der Waals surface area contributed by atoms with Crippen LogP contribution in [0.25, 0.3) is 22.2 Å². The Labute approximate surface area is 155 Å². The van der Waals surface area contributed by atoms with Gasteiger partial charge in [-0.2, -0.15) is 0 Å². The van der Waals surface area contributed by atoms with Crippen molar-refractivity contribution in [1.82, 2.24) is 19.8 Å². The number of carbonyl (C=O) groups excluding carboxylic acids is 2. The molecule has 3 rings (SSSR count). The average molecular weight is 371 g/mol. The van der Waals surface area contributed by atoms with E-state index in [1.807, 2.05) is 35.8 Å². The Morgan fingerprint density at radius 3 is 2.73 bits per heavy atom. The first-order valence-electron chi connectivity index (χ1n) is 8.14. The van der Waals surface area contributed by atoms with Gasteiger partial charge in [-0.25, -0.2) is 4.98 Å². The van der Waals surface area contributed by atoms with Crippen LogP contribution >= 0.6 is 11.3 Å². The maximum absolute atomic E-state index is 12.2. The second-order valence-electron chi connectivity index (χ2n) is 6.29. The van der Waals surface area contributed by atoms with Crippen LogP contribution in [0.15, 0.2) is 35.8 Å². The zero-order chi connectivity index (χ0) is 18.7. The predicted molar refractivity (Wildman–Crippen MR) is 104 cm³/mol. The Bertz CT molecular complexity index is 930. The van der Waals surface area contributed by atoms with Crippen molar-refractivity contribution in [2.45, 2.75) is 0 Å². The van der Waals surface area contributed by atoms with Gasteiger partial charge in [0, 0.05) is 42.1 Å². The van der Waals surface area contributed by atoms with E-state index in [0.29, 0.717) is 5.13 Å². The van der Waals surface area contributed by atoms with Crippen molar-refractivity contribution in [3.8, 4) is 11.3 Å². The van der Waals surface area contributed by atoms with Crippen molar-refractivity contribution in [2.24, 2.45) is 0 Å². The van der Waals surface area contributed by atoms with E-state index in [1.54, 1.807) is 26.0 Å². The SMILES string of the molecule is CN(CC(=O)Nc1nc(-c2c[nH]c3ccccc23)cs1)CC(=O)N(C)C. The molecular weight excluding hydrogens is 350 g/mol. The fraction of sp³-hybridized carbons (Fsp3) is 0.278. The smallest absolute Gasteiger partial charge is 0.240 e. The van der Waals surface area contributed by atoms with E-state index in [9.17, 15) is 9.59 Å². The third-order valence-electron chi connectivity index (χ3n) is 3.93. The van der Waals surface area contributed by atoms with Gasteiger partial charge < -0.3 is 15.2 Å². The molecular formula is C18H21N5O2S. The molecule has 2 N–H and O–H groups in total. The number of fused-ring (bicyclic) bond motifs is 1. The molecule has 3 aromatic rings. The number of anilines is 1. The van der Waals surface area contributed by atoms with Crippen molar-refractivity contribution < 1.29 is 9.59 Å². The number of nitrogens with zero attached hydrogens (tertiary/aromatic N) is 3. The number of amides is 2. The first-order valence-corrected chi connectivity index (χ1v) is 9.02.